The zero-order chi connectivity index (χ0) is 11.6. The lowest BCUT2D eigenvalue weighted by Crippen LogP contribution is -2.16. The molecule has 3 N–H and O–H groups in total. The van der Waals surface area contributed by atoms with Gasteiger partial charge in [0.2, 0.25) is 0 Å². The number of oxime groups is 1. The van der Waals surface area contributed by atoms with E-state index < -0.39 is 5.82 Å². The molecule has 0 saturated carbocycles. The molecule has 0 aliphatic rings. The number of benzene rings is 1. The highest BCUT2D eigenvalue weighted by Gasteiger charge is 2.14. The van der Waals surface area contributed by atoms with E-state index in [1.54, 1.807) is 6.07 Å². The summed E-state index contributed by atoms with van der Waals surface area (Å²) in [5, 5.41) is 11.3. The Hall–Kier alpha value is -1.10. The summed E-state index contributed by atoms with van der Waals surface area (Å²) in [5.74, 6) is -0.518. The minimum atomic E-state index is -0.497. The van der Waals surface area contributed by atoms with Crippen LogP contribution in [-0.4, -0.2) is 11.0 Å². The first kappa shape index (κ1) is 12.0. The third-order valence-corrected chi connectivity index (χ3v) is 2.72. The monoisotopic (exact) mass is 274 g/mol. The molecule has 0 spiro atoms. The highest BCUT2D eigenvalue weighted by molar-refractivity contribution is 9.10. The maximum Gasteiger partial charge on any atom is 0.174 e. The number of halogens is 2. The van der Waals surface area contributed by atoms with E-state index >= 15 is 0 Å². The van der Waals surface area contributed by atoms with Gasteiger partial charge in [0, 0.05) is 4.47 Å². The van der Waals surface area contributed by atoms with E-state index in [0.29, 0.717) is 4.47 Å². The van der Waals surface area contributed by atoms with Crippen LogP contribution in [-0.2, 0) is 0 Å². The summed E-state index contributed by atoms with van der Waals surface area (Å²) in [6, 6.07) is 3.16. The van der Waals surface area contributed by atoms with E-state index in [9.17, 15) is 4.39 Å². The smallest absolute Gasteiger partial charge is 0.174 e. The van der Waals surface area contributed by atoms with E-state index in [-0.39, 0.29) is 17.3 Å². The first-order valence-corrected chi connectivity index (χ1v) is 5.23. The molecule has 0 aliphatic heterocycles. The van der Waals surface area contributed by atoms with Crippen LogP contribution < -0.4 is 5.73 Å². The van der Waals surface area contributed by atoms with Gasteiger partial charge in [-0.25, -0.2) is 4.39 Å². The lowest BCUT2D eigenvalue weighted by molar-refractivity contribution is 0.318. The Bertz CT molecular complexity index is 381. The zero-order valence-electron chi connectivity index (χ0n) is 8.46. The predicted molar refractivity (Wildman–Crippen MR) is 60.7 cm³/mol. The van der Waals surface area contributed by atoms with E-state index in [1.807, 2.05) is 13.8 Å². The lowest BCUT2D eigenvalue weighted by Gasteiger charge is -2.10. The fourth-order valence-electron chi connectivity index (χ4n) is 1.22. The van der Waals surface area contributed by atoms with E-state index in [2.05, 4.69) is 21.1 Å². The van der Waals surface area contributed by atoms with Crippen LogP contribution in [0.4, 0.5) is 4.39 Å². The molecule has 15 heavy (non-hydrogen) atoms. The van der Waals surface area contributed by atoms with Crippen molar-refractivity contribution in [2.45, 2.75) is 19.8 Å². The third kappa shape index (κ3) is 2.47. The van der Waals surface area contributed by atoms with Gasteiger partial charge in [0.05, 0.1) is 5.56 Å². The number of amidine groups is 1. The number of nitrogens with zero attached hydrogens (tertiary/aromatic N) is 1. The van der Waals surface area contributed by atoms with E-state index in [1.165, 1.54) is 6.07 Å². The second-order valence-electron chi connectivity index (χ2n) is 3.50. The molecule has 0 heterocycles. The minimum Gasteiger partial charge on any atom is -0.409 e. The summed E-state index contributed by atoms with van der Waals surface area (Å²) in [6.07, 6.45) is 0. The Morgan fingerprint density at radius 3 is 2.53 bits per heavy atom. The highest BCUT2D eigenvalue weighted by Crippen LogP contribution is 2.25. The van der Waals surface area contributed by atoms with Crippen LogP contribution in [0.25, 0.3) is 0 Å². The maximum absolute atomic E-state index is 13.6. The van der Waals surface area contributed by atoms with Gasteiger partial charge in [-0.2, -0.15) is 0 Å². The van der Waals surface area contributed by atoms with Crippen molar-refractivity contribution in [2.75, 3.05) is 0 Å². The minimum absolute atomic E-state index is 0.0851. The van der Waals surface area contributed by atoms with Crippen LogP contribution in [0.2, 0.25) is 0 Å². The van der Waals surface area contributed by atoms with Gasteiger partial charge < -0.3 is 10.9 Å². The fraction of sp³-hybridized carbons (Fsp3) is 0.300. The van der Waals surface area contributed by atoms with Crippen LogP contribution >= 0.6 is 15.9 Å². The topological polar surface area (TPSA) is 58.6 Å². The van der Waals surface area contributed by atoms with Crippen LogP contribution in [0, 0.1) is 5.82 Å². The van der Waals surface area contributed by atoms with Crippen molar-refractivity contribution in [1.29, 1.82) is 0 Å². The molecule has 0 atom stereocenters. The molecule has 0 unspecified atom stereocenters. The first-order chi connectivity index (χ1) is 6.97. The SMILES string of the molecule is CC(C)c1cc(F)c(/C(N)=N/O)c(Br)c1. The van der Waals surface area contributed by atoms with Crippen LogP contribution in [0.5, 0.6) is 0 Å². The molecule has 1 rings (SSSR count). The summed E-state index contributed by atoms with van der Waals surface area (Å²) in [7, 11) is 0. The Labute approximate surface area is 95.9 Å². The molecule has 82 valence electrons. The van der Waals surface area contributed by atoms with Gasteiger partial charge in [0.1, 0.15) is 5.82 Å². The average molecular weight is 275 g/mol. The predicted octanol–water partition coefficient (Wildman–Crippen LogP) is 2.81. The molecule has 3 nitrogen and oxygen atoms in total. The fourth-order valence-corrected chi connectivity index (χ4v) is 1.88. The molecule has 0 fully saturated rings. The van der Waals surface area contributed by atoms with Gasteiger partial charge in [-0.15, -0.1) is 0 Å². The van der Waals surface area contributed by atoms with Crippen molar-refractivity contribution < 1.29 is 9.60 Å². The molecule has 0 saturated heterocycles. The number of hydrogen-bond acceptors (Lipinski definition) is 2. The maximum atomic E-state index is 13.6. The largest absolute Gasteiger partial charge is 0.409 e. The Kier molecular flexibility index (Phi) is 3.68. The molecule has 5 heteroatoms. The second-order valence-corrected chi connectivity index (χ2v) is 4.35. The van der Waals surface area contributed by atoms with E-state index in [4.69, 9.17) is 10.9 Å². The van der Waals surface area contributed by atoms with E-state index in [0.717, 1.165) is 5.56 Å². The quantitative estimate of drug-likeness (QED) is 0.377. The number of nitrogens with two attached hydrogens (primary N) is 1. The molecule has 0 amide bonds. The molecule has 0 aromatic heterocycles. The number of rotatable bonds is 2. The molecule has 0 aliphatic carbocycles. The molecular weight excluding hydrogens is 263 g/mol. The van der Waals surface area contributed by atoms with Gasteiger partial charge in [-0.1, -0.05) is 19.0 Å². The standard InChI is InChI=1S/C10H12BrFN2O/c1-5(2)6-3-7(11)9(8(12)4-6)10(13)14-15/h3-5,15H,1-2H3,(H2,13,14). The number of hydrogen-bond donors (Lipinski definition) is 2. The summed E-state index contributed by atoms with van der Waals surface area (Å²) in [5.41, 5.74) is 6.29. The molecule has 1 aromatic carbocycles. The van der Waals surface area contributed by atoms with Crippen molar-refractivity contribution in [3.05, 3.63) is 33.5 Å². The molecule has 1 aromatic rings. The zero-order valence-corrected chi connectivity index (χ0v) is 10.0. The molecular formula is C10H12BrFN2O. The van der Waals surface area contributed by atoms with Crippen molar-refractivity contribution in [1.82, 2.24) is 0 Å². The molecule has 0 bridgehead atoms. The summed E-state index contributed by atoms with van der Waals surface area (Å²) in [4.78, 5) is 0. The Morgan fingerprint density at radius 2 is 2.13 bits per heavy atom. The highest BCUT2D eigenvalue weighted by atomic mass is 79.9. The lowest BCUT2D eigenvalue weighted by atomic mass is 10.0. The van der Waals surface area contributed by atoms with Gasteiger partial charge in [-0.3, -0.25) is 0 Å². The van der Waals surface area contributed by atoms with Crippen LogP contribution in [0.1, 0.15) is 30.9 Å². The van der Waals surface area contributed by atoms with Crippen molar-refractivity contribution in [3.8, 4) is 0 Å². The summed E-state index contributed by atoms with van der Waals surface area (Å²) in [6.45, 7) is 3.93. The Balaban J connectivity index is 3.34. The first-order valence-electron chi connectivity index (χ1n) is 4.44. The van der Waals surface area contributed by atoms with Crippen molar-refractivity contribution in [2.24, 2.45) is 10.9 Å². The van der Waals surface area contributed by atoms with Crippen LogP contribution in [0.15, 0.2) is 21.8 Å². The summed E-state index contributed by atoms with van der Waals surface area (Å²) < 4.78 is 14.1. The normalized spacial score (nSPS) is 12.2. The van der Waals surface area contributed by atoms with Gasteiger partial charge in [0.25, 0.3) is 0 Å². The van der Waals surface area contributed by atoms with Gasteiger partial charge in [-0.05, 0) is 39.5 Å². The Morgan fingerprint density at radius 1 is 1.53 bits per heavy atom. The van der Waals surface area contributed by atoms with Gasteiger partial charge in [0.15, 0.2) is 5.84 Å². The second kappa shape index (κ2) is 4.61. The van der Waals surface area contributed by atoms with Gasteiger partial charge >= 0.3 is 0 Å². The third-order valence-electron chi connectivity index (χ3n) is 2.09. The van der Waals surface area contributed by atoms with Crippen molar-refractivity contribution in [3.63, 3.8) is 0 Å². The van der Waals surface area contributed by atoms with Crippen molar-refractivity contribution >= 4 is 21.8 Å². The molecule has 0 radical (unpaired) electrons. The summed E-state index contributed by atoms with van der Waals surface area (Å²) >= 11 is 3.20. The van der Waals surface area contributed by atoms with Crippen LogP contribution in [0.3, 0.4) is 0 Å². The average Bonchev–Trinajstić information content (AvgIpc) is 2.16.